The van der Waals surface area contributed by atoms with Crippen molar-refractivity contribution in [1.29, 1.82) is 0 Å². The number of pyridine rings is 1. The number of aromatic nitrogens is 1. The molecule has 1 heterocycles. The lowest BCUT2D eigenvalue weighted by Crippen LogP contribution is -2.03. The first-order valence-electron chi connectivity index (χ1n) is 4.76. The monoisotopic (exact) mass is 333 g/mol. The quantitative estimate of drug-likeness (QED) is 0.803. The SMILES string of the molecule is Cc1nc2ccc(Br)cc2c(Cl)c1S(C)(=O)=O. The Morgan fingerprint density at radius 3 is 2.59 bits per heavy atom. The van der Waals surface area contributed by atoms with Crippen LogP contribution in [0.5, 0.6) is 0 Å². The second-order valence-electron chi connectivity index (χ2n) is 3.77. The molecule has 0 saturated heterocycles. The summed E-state index contributed by atoms with van der Waals surface area (Å²) in [5.41, 5.74) is 1.11. The number of fused-ring (bicyclic) bond motifs is 1. The molecule has 6 heteroatoms. The van der Waals surface area contributed by atoms with Gasteiger partial charge in [-0.1, -0.05) is 27.5 Å². The third-order valence-electron chi connectivity index (χ3n) is 2.38. The molecule has 1 aromatic carbocycles. The standard InChI is InChI=1S/C11H9BrClNO2S/c1-6-11(17(2,15)16)10(13)8-5-7(12)3-4-9(8)14-6/h3-5H,1-2H3. The Labute approximate surface area is 113 Å². The van der Waals surface area contributed by atoms with Gasteiger partial charge in [-0.15, -0.1) is 0 Å². The van der Waals surface area contributed by atoms with Crippen LogP contribution >= 0.6 is 27.5 Å². The second-order valence-corrected chi connectivity index (χ2v) is 7.02. The Balaban J connectivity index is 2.98. The lowest BCUT2D eigenvalue weighted by Gasteiger charge is -2.09. The van der Waals surface area contributed by atoms with Gasteiger partial charge in [-0.2, -0.15) is 0 Å². The molecule has 0 atom stereocenters. The van der Waals surface area contributed by atoms with Gasteiger partial charge in [0.15, 0.2) is 9.84 Å². The highest BCUT2D eigenvalue weighted by molar-refractivity contribution is 9.10. The molecule has 3 nitrogen and oxygen atoms in total. The molecule has 0 radical (unpaired) electrons. The molecule has 90 valence electrons. The molecule has 2 rings (SSSR count). The minimum atomic E-state index is -3.38. The van der Waals surface area contributed by atoms with Crippen molar-refractivity contribution in [3.05, 3.63) is 33.4 Å². The zero-order chi connectivity index (χ0) is 12.8. The normalized spacial score (nSPS) is 12.0. The van der Waals surface area contributed by atoms with E-state index in [-0.39, 0.29) is 9.92 Å². The number of hydrogen-bond acceptors (Lipinski definition) is 3. The summed E-state index contributed by atoms with van der Waals surface area (Å²) in [6, 6.07) is 5.40. The number of aryl methyl sites for hydroxylation is 1. The molecule has 0 amide bonds. The molecule has 0 bridgehead atoms. The largest absolute Gasteiger partial charge is 0.252 e. The van der Waals surface area contributed by atoms with Gasteiger partial charge in [-0.3, -0.25) is 4.98 Å². The molecule has 0 spiro atoms. The first kappa shape index (κ1) is 12.8. The summed E-state index contributed by atoms with van der Waals surface area (Å²) >= 11 is 9.49. The van der Waals surface area contributed by atoms with Crippen molar-refractivity contribution in [2.45, 2.75) is 11.8 Å². The van der Waals surface area contributed by atoms with E-state index in [4.69, 9.17) is 11.6 Å². The number of halogens is 2. The van der Waals surface area contributed by atoms with Gasteiger partial charge in [-0.25, -0.2) is 8.42 Å². The summed E-state index contributed by atoms with van der Waals surface area (Å²) in [5, 5.41) is 0.864. The van der Waals surface area contributed by atoms with Crippen LogP contribution < -0.4 is 0 Å². The summed E-state index contributed by atoms with van der Waals surface area (Å²) < 4.78 is 24.2. The highest BCUT2D eigenvalue weighted by Gasteiger charge is 2.19. The summed E-state index contributed by atoms with van der Waals surface area (Å²) in [4.78, 5) is 4.36. The molecule has 0 N–H and O–H groups in total. The number of benzene rings is 1. The second kappa shape index (κ2) is 4.23. The highest BCUT2D eigenvalue weighted by Crippen LogP contribution is 2.32. The Morgan fingerprint density at radius 1 is 1.35 bits per heavy atom. The maximum atomic E-state index is 11.7. The van der Waals surface area contributed by atoms with Gasteiger partial charge >= 0.3 is 0 Å². The summed E-state index contributed by atoms with van der Waals surface area (Å²) in [7, 11) is -3.38. The smallest absolute Gasteiger partial charge is 0.178 e. The molecule has 2 aromatic rings. The maximum absolute atomic E-state index is 11.7. The molecule has 0 fully saturated rings. The number of nitrogens with zero attached hydrogens (tertiary/aromatic N) is 1. The predicted molar refractivity (Wildman–Crippen MR) is 72.3 cm³/mol. The fourth-order valence-electron chi connectivity index (χ4n) is 1.73. The lowest BCUT2D eigenvalue weighted by molar-refractivity contribution is 0.601. The number of hydrogen-bond donors (Lipinski definition) is 0. The summed E-state index contributed by atoms with van der Waals surface area (Å²) in [6.45, 7) is 1.64. The van der Waals surface area contributed by atoms with Crippen LogP contribution in [0.2, 0.25) is 5.02 Å². The van der Waals surface area contributed by atoms with E-state index in [1.807, 2.05) is 6.07 Å². The number of rotatable bonds is 1. The van der Waals surface area contributed by atoms with Crippen LogP contribution in [0.3, 0.4) is 0 Å². The summed E-state index contributed by atoms with van der Waals surface area (Å²) in [5.74, 6) is 0. The Morgan fingerprint density at radius 2 is 2.00 bits per heavy atom. The third kappa shape index (κ3) is 2.32. The molecule has 0 aliphatic rings. The topological polar surface area (TPSA) is 47.0 Å². The van der Waals surface area contributed by atoms with Crippen LogP contribution in [-0.4, -0.2) is 19.7 Å². The minimum absolute atomic E-state index is 0.102. The van der Waals surface area contributed by atoms with E-state index in [1.54, 1.807) is 19.1 Å². The fraction of sp³-hybridized carbons (Fsp3) is 0.182. The van der Waals surface area contributed by atoms with Crippen LogP contribution in [0, 0.1) is 6.92 Å². The molecule has 0 aliphatic heterocycles. The van der Waals surface area contributed by atoms with Crippen LogP contribution in [0.1, 0.15) is 5.69 Å². The molecule has 17 heavy (non-hydrogen) atoms. The molecular formula is C11H9BrClNO2S. The van der Waals surface area contributed by atoms with E-state index in [1.165, 1.54) is 0 Å². The molecule has 0 saturated carbocycles. The molecule has 1 aromatic heterocycles. The average Bonchev–Trinajstić information content (AvgIpc) is 2.17. The first-order valence-corrected chi connectivity index (χ1v) is 7.82. The van der Waals surface area contributed by atoms with E-state index >= 15 is 0 Å². The predicted octanol–water partition coefficient (Wildman–Crippen LogP) is 3.36. The zero-order valence-electron chi connectivity index (χ0n) is 9.16. The van der Waals surface area contributed by atoms with Crippen LogP contribution in [0.4, 0.5) is 0 Å². The average molecular weight is 335 g/mol. The molecule has 0 aliphatic carbocycles. The zero-order valence-corrected chi connectivity index (χ0v) is 12.3. The van der Waals surface area contributed by atoms with Crippen LogP contribution in [0.15, 0.2) is 27.6 Å². The van der Waals surface area contributed by atoms with E-state index < -0.39 is 9.84 Å². The van der Waals surface area contributed by atoms with Crippen LogP contribution in [-0.2, 0) is 9.84 Å². The minimum Gasteiger partial charge on any atom is -0.252 e. The Bertz CT molecular complexity index is 713. The Kier molecular flexibility index (Phi) is 3.18. The van der Waals surface area contributed by atoms with Crippen molar-refractivity contribution in [3.63, 3.8) is 0 Å². The van der Waals surface area contributed by atoms with Gasteiger partial charge < -0.3 is 0 Å². The van der Waals surface area contributed by atoms with Crippen molar-refractivity contribution in [1.82, 2.24) is 4.98 Å². The first-order chi connectivity index (χ1) is 7.80. The van der Waals surface area contributed by atoms with E-state index in [0.29, 0.717) is 16.6 Å². The van der Waals surface area contributed by atoms with E-state index in [0.717, 1.165) is 10.7 Å². The van der Waals surface area contributed by atoms with Crippen molar-refractivity contribution >= 4 is 48.3 Å². The van der Waals surface area contributed by atoms with Gasteiger partial charge in [-0.05, 0) is 25.1 Å². The molecule has 0 unspecified atom stereocenters. The highest BCUT2D eigenvalue weighted by atomic mass is 79.9. The van der Waals surface area contributed by atoms with Crippen LogP contribution in [0.25, 0.3) is 10.9 Å². The maximum Gasteiger partial charge on any atom is 0.178 e. The molecular weight excluding hydrogens is 326 g/mol. The van der Waals surface area contributed by atoms with Gasteiger partial charge in [0, 0.05) is 16.1 Å². The van der Waals surface area contributed by atoms with Crippen molar-refractivity contribution in [3.8, 4) is 0 Å². The van der Waals surface area contributed by atoms with E-state index in [9.17, 15) is 8.42 Å². The van der Waals surface area contributed by atoms with Gasteiger partial charge in [0.05, 0.1) is 16.2 Å². The van der Waals surface area contributed by atoms with Gasteiger partial charge in [0.2, 0.25) is 0 Å². The lowest BCUT2D eigenvalue weighted by atomic mass is 10.2. The third-order valence-corrected chi connectivity index (χ3v) is 4.62. The van der Waals surface area contributed by atoms with E-state index in [2.05, 4.69) is 20.9 Å². The van der Waals surface area contributed by atoms with Gasteiger partial charge in [0.1, 0.15) is 4.90 Å². The van der Waals surface area contributed by atoms with Crippen molar-refractivity contribution in [2.24, 2.45) is 0 Å². The van der Waals surface area contributed by atoms with Crippen molar-refractivity contribution in [2.75, 3.05) is 6.26 Å². The Hall–Kier alpha value is -0.650. The fourth-order valence-corrected chi connectivity index (χ4v) is 3.81. The van der Waals surface area contributed by atoms with Gasteiger partial charge in [0.25, 0.3) is 0 Å². The summed E-state index contributed by atoms with van der Waals surface area (Å²) in [6.07, 6.45) is 1.13. The van der Waals surface area contributed by atoms with Crippen molar-refractivity contribution < 1.29 is 8.42 Å². The number of sulfone groups is 1.